The quantitative estimate of drug-likeness (QED) is 0.302. The first kappa shape index (κ1) is 33.5. The van der Waals surface area contributed by atoms with E-state index < -0.39 is 23.8 Å². The van der Waals surface area contributed by atoms with Crippen LogP contribution in [0.25, 0.3) is 0 Å². The van der Waals surface area contributed by atoms with Gasteiger partial charge in [0.25, 0.3) is 0 Å². The Morgan fingerprint density at radius 2 is 1.47 bits per heavy atom. The number of amides is 3. The van der Waals surface area contributed by atoms with Crippen molar-refractivity contribution in [3.8, 4) is 0 Å². The molecule has 7 nitrogen and oxygen atoms in total. The van der Waals surface area contributed by atoms with Crippen molar-refractivity contribution >= 4 is 17.9 Å². The third-order valence-electron chi connectivity index (χ3n) is 6.53. The van der Waals surface area contributed by atoms with E-state index in [-0.39, 0.29) is 29.8 Å². The van der Waals surface area contributed by atoms with Crippen molar-refractivity contribution in [1.82, 2.24) is 15.5 Å². The van der Waals surface area contributed by atoms with Gasteiger partial charge in [0, 0.05) is 12.1 Å². The van der Waals surface area contributed by atoms with E-state index in [1.165, 1.54) is 0 Å². The molecule has 2 N–H and O–H groups in total. The number of aryl methyl sites for hydroxylation is 1. The summed E-state index contributed by atoms with van der Waals surface area (Å²) in [5.74, 6) is -0.257. The summed E-state index contributed by atoms with van der Waals surface area (Å²) in [6.07, 6.45) is 2.79. The Kier molecular flexibility index (Phi) is 13.3. The Labute approximate surface area is 231 Å². The highest BCUT2D eigenvalue weighted by Crippen LogP contribution is 2.29. The van der Waals surface area contributed by atoms with Crippen LogP contribution in [0, 0.1) is 18.8 Å². The number of carbonyl (C=O) groups is 3. The lowest BCUT2D eigenvalue weighted by Crippen LogP contribution is -2.57. The van der Waals surface area contributed by atoms with Crippen LogP contribution < -0.4 is 10.6 Å². The lowest BCUT2D eigenvalue weighted by atomic mass is 9.94. The minimum absolute atomic E-state index is 0.0239. The first-order chi connectivity index (χ1) is 17.6. The molecule has 0 aliphatic heterocycles. The topological polar surface area (TPSA) is 87.7 Å². The van der Waals surface area contributed by atoms with Gasteiger partial charge in [-0.25, -0.2) is 4.79 Å². The van der Waals surface area contributed by atoms with E-state index in [0.29, 0.717) is 5.92 Å². The molecule has 4 unspecified atom stereocenters. The Morgan fingerprint density at radius 3 is 1.95 bits per heavy atom. The van der Waals surface area contributed by atoms with Gasteiger partial charge in [0.1, 0.15) is 17.7 Å². The van der Waals surface area contributed by atoms with E-state index in [9.17, 15) is 14.4 Å². The Bertz CT molecular complexity index is 889. The smallest absolute Gasteiger partial charge is 0.408 e. The molecular formula is C31H53N3O4. The van der Waals surface area contributed by atoms with Crippen LogP contribution in [-0.2, 0) is 14.3 Å². The Morgan fingerprint density at radius 1 is 0.895 bits per heavy atom. The second-order valence-corrected chi connectivity index (χ2v) is 12.4. The van der Waals surface area contributed by atoms with Crippen molar-refractivity contribution in [2.24, 2.45) is 11.8 Å². The van der Waals surface area contributed by atoms with Gasteiger partial charge in [0.15, 0.2) is 0 Å². The fourth-order valence-corrected chi connectivity index (χ4v) is 4.44. The summed E-state index contributed by atoms with van der Waals surface area (Å²) in [6.45, 7) is 21.5. The minimum Gasteiger partial charge on any atom is -0.444 e. The molecule has 1 aromatic rings. The summed E-state index contributed by atoms with van der Waals surface area (Å²) in [5, 5.41) is 5.95. The van der Waals surface area contributed by atoms with Crippen LogP contribution in [0.5, 0.6) is 0 Å². The van der Waals surface area contributed by atoms with Crippen molar-refractivity contribution in [1.29, 1.82) is 0 Å². The largest absolute Gasteiger partial charge is 0.444 e. The van der Waals surface area contributed by atoms with E-state index in [0.717, 1.165) is 36.8 Å². The van der Waals surface area contributed by atoms with E-state index in [1.54, 1.807) is 25.7 Å². The normalized spacial score (nSPS) is 15.0. The molecule has 216 valence electrons. The van der Waals surface area contributed by atoms with Crippen LogP contribution in [-0.4, -0.2) is 46.5 Å². The third kappa shape index (κ3) is 11.0. The molecular weight excluding hydrogens is 478 g/mol. The second-order valence-electron chi connectivity index (χ2n) is 12.4. The van der Waals surface area contributed by atoms with Crippen molar-refractivity contribution < 1.29 is 19.1 Å². The zero-order chi connectivity index (χ0) is 29.2. The molecule has 0 saturated carbocycles. The molecule has 1 rings (SSSR count). The van der Waals surface area contributed by atoms with Crippen LogP contribution in [0.2, 0.25) is 0 Å². The van der Waals surface area contributed by atoms with Crippen LogP contribution in [0.1, 0.15) is 112 Å². The molecule has 0 aliphatic rings. The summed E-state index contributed by atoms with van der Waals surface area (Å²) in [4.78, 5) is 42.7. The summed E-state index contributed by atoms with van der Waals surface area (Å²) in [7, 11) is 0. The fourth-order valence-electron chi connectivity index (χ4n) is 4.44. The molecule has 3 amide bonds. The molecule has 38 heavy (non-hydrogen) atoms. The first-order valence-corrected chi connectivity index (χ1v) is 14.3. The number of hydrogen-bond donors (Lipinski definition) is 2. The maximum atomic E-state index is 14.3. The van der Waals surface area contributed by atoms with Gasteiger partial charge in [-0.2, -0.15) is 0 Å². The Hall–Kier alpha value is -2.57. The molecule has 0 saturated heterocycles. The molecule has 0 bridgehead atoms. The minimum atomic E-state index is -0.847. The highest BCUT2D eigenvalue weighted by molar-refractivity contribution is 5.92. The van der Waals surface area contributed by atoms with Gasteiger partial charge in [-0.15, -0.1) is 0 Å². The van der Waals surface area contributed by atoms with Gasteiger partial charge in [0.2, 0.25) is 11.8 Å². The van der Waals surface area contributed by atoms with Gasteiger partial charge < -0.3 is 20.3 Å². The monoisotopic (exact) mass is 531 g/mol. The number of rotatable bonds is 13. The van der Waals surface area contributed by atoms with E-state index in [1.807, 2.05) is 58.9 Å². The van der Waals surface area contributed by atoms with Crippen molar-refractivity contribution in [3.05, 3.63) is 35.4 Å². The maximum Gasteiger partial charge on any atom is 0.408 e. The second kappa shape index (κ2) is 15.1. The predicted molar refractivity (Wildman–Crippen MR) is 155 cm³/mol. The zero-order valence-electron chi connectivity index (χ0n) is 25.7. The number of nitrogens with one attached hydrogen (secondary N) is 2. The standard InChI is InChI=1S/C31H53N3O4/c1-12-13-23(7)32-28(35)27(25-18-15-22(6)16-19-25)34(24(8)17-14-20(2)3)29(36)26(21(4)5)33-30(37)38-31(9,10)11/h15-16,18-21,23-24,26-27H,12-14,17H2,1-11H3,(H,32,35)(H,33,37). The number of alkyl carbamates (subject to hydrolysis) is 1. The first-order valence-electron chi connectivity index (χ1n) is 14.3. The zero-order valence-corrected chi connectivity index (χ0v) is 25.7. The lowest BCUT2D eigenvalue weighted by molar-refractivity contribution is -0.146. The number of hydrogen-bond acceptors (Lipinski definition) is 4. The fraction of sp³-hybridized carbons (Fsp3) is 0.710. The van der Waals surface area contributed by atoms with Gasteiger partial charge in [0.05, 0.1) is 0 Å². The van der Waals surface area contributed by atoms with Crippen molar-refractivity contribution in [3.63, 3.8) is 0 Å². The van der Waals surface area contributed by atoms with E-state index >= 15 is 0 Å². The molecule has 0 radical (unpaired) electrons. The van der Waals surface area contributed by atoms with Crippen molar-refractivity contribution in [2.75, 3.05) is 0 Å². The van der Waals surface area contributed by atoms with Crippen LogP contribution in [0.15, 0.2) is 24.3 Å². The molecule has 0 aromatic heterocycles. The average molecular weight is 532 g/mol. The highest BCUT2D eigenvalue weighted by atomic mass is 16.6. The van der Waals surface area contributed by atoms with Gasteiger partial charge in [-0.1, -0.05) is 70.9 Å². The highest BCUT2D eigenvalue weighted by Gasteiger charge is 2.40. The van der Waals surface area contributed by atoms with Crippen LogP contribution in [0.3, 0.4) is 0 Å². The van der Waals surface area contributed by atoms with Crippen molar-refractivity contribution in [2.45, 2.75) is 132 Å². The number of nitrogens with zero attached hydrogens (tertiary/aromatic N) is 1. The molecule has 0 fully saturated rings. The van der Waals surface area contributed by atoms with Crippen LogP contribution >= 0.6 is 0 Å². The maximum absolute atomic E-state index is 14.3. The number of carbonyl (C=O) groups excluding carboxylic acids is 3. The van der Waals surface area contributed by atoms with Crippen LogP contribution in [0.4, 0.5) is 4.79 Å². The molecule has 0 spiro atoms. The molecule has 7 heteroatoms. The summed E-state index contributed by atoms with van der Waals surface area (Å²) in [5.41, 5.74) is 1.13. The predicted octanol–water partition coefficient (Wildman–Crippen LogP) is 6.54. The van der Waals surface area contributed by atoms with E-state index in [4.69, 9.17) is 4.74 Å². The third-order valence-corrected chi connectivity index (χ3v) is 6.53. The van der Waals surface area contributed by atoms with E-state index in [2.05, 4.69) is 31.4 Å². The Balaban J connectivity index is 3.59. The summed E-state index contributed by atoms with van der Waals surface area (Å²) in [6, 6.07) is 5.84. The van der Waals surface area contributed by atoms with Gasteiger partial charge >= 0.3 is 6.09 Å². The molecule has 0 heterocycles. The molecule has 4 atom stereocenters. The number of benzene rings is 1. The summed E-state index contributed by atoms with van der Waals surface area (Å²) < 4.78 is 5.47. The molecule has 0 aliphatic carbocycles. The summed E-state index contributed by atoms with van der Waals surface area (Å²) >= 11 is 0. The molecule has 1 aromatic carbocycles. The average Bonchev–Trinajstić information content (AvgIpc) is 2.78. The number of ether oxygens (including phenoxy) is 1. The van der Waals surface area contributed by atoms with Gasteiger partial charge in [-0.3, -0.25) is 9.59 Å². The van der Waals surface area contributed by atoms with Gasteiger partial charge in [-0.05, 0) is 78.2 Å². The lowest BCUT2D eigenvalue weighted by Gasteiger charge is -2.40. The SMILES string of the molecule is CCCC(C)NC(=O)C(c1ccc(C)cc1)N(C(=O)C(NC(=O)OC(C)(C)C)C(C)C)C(C)CCC(C)C.